The molecule has 15 heteroatoms. The summed E-state index contributed by atoms with van der Waals surface area (Å²) in [6.45, 7) is 5.07. The van der Waals surface area contributed by atoms with Gasteiger partial charge < -0.3 is 24.8 Å². The van der Waals surface area contributed by atoms with Gasteiger partial charge in [0.2, 0.25) is 15.9 Å². The van der Waals surface area contributed by atoms with E-state index in [4.69, 9.17) is 9.47 Å². The Morgan fingerprint density at radius 1 is 1.15 bits per heavy atom. The number of fused-ring (bicyclic) bond motifs is 1. The van der Waals surface area contributed by atoms with Crippen molar-refractivity contribution in [2.75, 3.05) is 38.7 Å². The van der Waals surface area contributed by atoms with Crippen LogP contribution in [0.5, 0.6) is 5.75 Å². The molecule has 2 aromatic carbocycles. The van der Waals surface area contributed by atoms with E-state index in [0.29, 0.717) is 25.9 Å². The Labute approximate surface area is 273 Å². The van der Waals surface area contributed by atoms with Gasteiger partial charge in [-0.1, -0.05) is 6.92 Å². The third kappa shape index (κ3) is 11.2. The molecule has 0 unspecified atom stereocenters. The summed E-state index contributed by atoms with van der Waals surface area (Å²) < 4.78 is 91.4. The predicted molar refractivity (Wildman–Crippen MR) is 167 cm³/mol. The summed E-state index contributed by atoms with van der Waals surface area (Å²) in [6.07, 6.45) is -5.72. The van der Waals surface area contributed by atoms with Gasteiger partial charge in [0.05, 0.1) is 41.7 Å². The van der Waals surface area contributed by atoms with E-state index in [1.807, 2.05) is 6.92 Å². The normalized spacial score (nSPS) is 21.0. The first-order chi connectivity index (χ1) is 22.0. The number of benzene rings is 2. The molecule has 0 aromatic heterocycles. The molecule has 4 atom stereocenters. The van der Waals surface area contributed by atoms with E-state index < -0.39 is 71.3 Å². The molecule has 0 radical (unpaired) electrons. The summed E-state index contributed by atoms with van der Waals surface area (Å²) in [5.74, 6) is -2.28. The van der Waals surface area contributed by atoms with Crippen LogP contribution in [-0.4, -0.2) is 92.3 Å². The van der Waals surface area contributed by atoms with E-state index in [9.17, 15) is 40.7 Å². The zero-order valence-electron chi connectivity index (χ0n) is 26.9. The molecule has 262 valence electrons. The lowest BCUT2D eigenvalue weighted by Crippen LogP contribution is -2.48. The molecular weight excluding hydrogens is 646 g/mol. The molecule has 47 heavy (non-hydrogen) atoms. The van der Waals surface area contributed by atoms with Crippen molar-refractivity contribution >= 4 is 27.5 Å². The maximum atomic E-state index is 14.2. The van der Waals surface area contributed by atoms with E-state index in [2.05, 4.69) is 5.32 Å². The van der Waals surface area contributed by atoms with Gasteiger partial charge in [0, 0.05) is 44.8 Å². The number of anilines is 1. The lowest BCUT2D eigenvalue weighted by Gasteiger charge is -2.35. The van der Waals surface area contributed by atoms with E-state index in [1.54, 1.807) is 13.8 Å². The minimum absolute atomic E-state index is 0.0207. The second kappa shape index (κ2) is 16.7. The molecule has 3 rings (SSSR count). The fourth-order valence-corrected chi connectivity index (χ4v) is 6.26. The number of nitrogens with one attached hydrogen (secondary N) is 1. The number of rotatable bonds is 9. The number of sulfonamides is 1. The first-order valence-electron chi connectivity index (χ1n) is 15.4. The van der Waals surface area contributed by atoms with Crippen LogP contribution in [0.3, 0.4) is 0 Å². The zero-order valence-corrected chi connectivity index (χ0v) is 27.7. The molecule has 0 saturated heterocycles. The molecule has 0 saturated carbocycles. The standard InChI is InChI=1S/C32H43F4N3O7S/c1-21-18-39(22(2)20-40)31(42)27-17-25(37-30(41)14-15-32(34,35)36)10-13-28(27)46-23(3)7-5-6-16-45-29(21)19-38(4)47(43,44)26-11-8-24(33)9-12-26/h8-13,17,21-23,29,40H,5-7,14-16,18-20H2,1-4H3,(H,37,41)/t21-,22-,23+,29-/m1/s1. The number of alkyl halides is 3. The van der Waals surface area contributed by atoms with Crippen LogP contribution in [0.1, 0.15) is 63.2 Å². The number of aliphatic hydroxyl groups is 1. The van der Waals surface area contributed by atoms with Crippen LogP contribution in [0.25, 0.3) is 0 Å². The second-order valence-electron chi connectivity index (χ2n) is 11.9. The van der Waals surface area contributed by atoms with E-state index >= 15 is 0 Å². The van der Waals surface area contributed by atoms with E-state index in [-0.39, 0.29) is 41.1 Å². The summed E-state index contributed by atoms with van der Waals surface area (Å²) in [7, 11) is -2.62. The maximum Gasteiger partial charge on any atom is 0.389 e. The lowest BCUT2D eigenvalue weighted by atomic mass is 10.0. The Morgan fingerprint density at radius 2 is 1.83 bits per heavy atom. The number of hydrogen-bond acceptors (Lipinski definition) is 7. The second-order valence-corrected chi connectivity index (χ2v) is 14.0. The van der Waals surface area contributed by atoms with Gasteiger partial charge >= 0.3 is 6.18 Å². The van der Waals surface area contributed by atoms with Gasteiger partial charge in [0.15, 0.2) is 0 Å². The number of amides is 2. The predicted octanol–water partition coefficient (Wildman–Crippen LogP) is 5.22. The fourth-order valence-electron chi connectivity index (χ4n) is 5.08. The van der Waals surface area contributed by atoms with Crippen molar-refractivity contribution in [2.45, 2.75) is 82.2 Å². The summed E-state index contributed by atoms with van der Waals surface area (Å²) in [4.78, 5) is 27.7. The monoisotopic (exact) mass is 689 g/mol. The molecule has 1 aliphatic rings. The maximum absolute atomic E-state index is 14.2. The summed E-state index contributed by atoms with van der Waals surface area (Å²) in [5.41, 5.74) is 0.128. The topological polar surface area (TPSA) is 125 Å². The summed E-state index contributed by atoms with van der Waals surface area (Å²) >= 11 is 0. The van der Waals surface area contributed by atoms with Crippen molar-refractivity contribution in [1.29, 1.82) is 0 Å². The molecule has 0 bridgehead atoms. The highest BCUT2D eigenvalue weighted by molar-refractivity contribution is 7.89. The van der Waals surface area contributed by atoms with Crippen LogP contribution in [-0.2, 0) is 19.6 Å². The van der Waals surface area contributed by atoms with Crippen LogP contribution >= 0.6 is 0 Å². The van der Waals surface area contributed by atoms with Crippen LogP contribution < -0.4 is 10.1 Å². The quantitative estimate of drug-likeness (QED) is 0.346. The van der Waals surface area contributed by atoms with Crippen molar-refractivity contribution in [2.24, 2.45) is 5.92 Å². The number of halogens is 4. The fraction of sp³-hybridized carbons (Fsp3) is 0.562. The number of nitrogens with zero attached hydrogens (tertiary/aromatic N) is 2. The molecule has 2 amide bonds. The van der Waals surface area contributed by atoms with Gasteiger partial charge in [-0.3, -0.25) is 9.59 Å². The number of likely N-dealkylation sites (N-methyl/N-ethyl adjacent to an activating group) is 1. The SMILES string of the molecule is C[C@@H]1CN([C@H](C)CO)C(=O)c2cc(NC(=O)CCC(F)(F)F)ccc2O[C@@H](C)CCCCO[C@@H]1CN(C)S(=O)(=O)c1ccc(F)cc1. The van der Waals surface area contributed by atoms with Crippen LogP contribution in [0.4, 0.5) is 23.2 Å². The number of carbonyl (C=O) groups is 2. The molecular formula is C32H43F4N3O7S. The molecule has 10 nitrogen and oxygen atoms in total. The van der Waals surface area contributed by atoms with Crippen LogP contribution in [0.2, 0.25) is 0 Å². The first-order valence-corrected chi connectivity index (χ1v) is 16.9. The largest absolute Gasteiger partial charge is 0.490 e. The summed E-state index contributed by atoms with van der Waals surface area (Å²) in [5, 5.41) is 12.5. The molecule has 0 aliphatic carbocycles. The Balaban J connectivity index is 1.94. The van der Waals surface area contributed by atoms with E-state index in [1.165, 1.54) is 42.3 Å². The Morgan fingerprint density at radius 3 is 2.47 bits per heavy atom. The Kier molecular flexibility index (Phi) is 13.6. The number of aliphatic hydroxyl groups excluding tert-OH is 1. The third-order valence-electron chi connectivity index (χ3n) is 7.93. The Hall–Kier alpha value is -3.27. The molecule has 2 N–H and O–H groups in total. The van der Waals surface area contributed by atoms with Crippen molar-refractivity contribution < 1.29 is 50.1 Å². The number of carbonyl (C=O) groups excluding carboxylic acids is 2. The lowest BCUT2D eigenvalue weighted by molar-refractivity contribution is -0.142. The highest BCUT2D eigenvalue weighted by atomic mass is 32.2. The van der Waals surface area contributed by atoms with Gasteiger partial charge in [0.25, 0.3) is 5.91 Å². The highest BCUT2D eigenvalue weighted by Gasteiger charge is 2.33. The number of hydrogen-bond donors (Lipinski definition) is 2. The van der Waals surface area contributed by atoms with Crippen molar-refractivity contribution in [3.05, 3.63) is 53.8 Å². The number of ether oxygens (including phenoxy) is 2. The highest BCUT2D eigenvalue weighted by Crippen LogP contribution is 2.29. The average Bonchev–Trinajstić information content (AvgIpc) is 3.01. The van der Waals surface area contributed by atoms with Crippen molar-refractivity contribution in [3.8, 4) is 5.75 Å². The van der Waals surface area contributed by atoms with Gasteiger partial charge in [-0.2, -0.15) is 17.5 Å². The third-order valence-corrected chi connectivity index (χ3v) is 9.77. The molecule has 0 spiro atoms. The van der Waals surface area contributed by atoms with Crippen LogP contribution in [0, 0.1) is 11.7 Å². The zero-order chi connectivity index (χ0) is 34.9. The van der Waals surface area contributed by atoms with Gasteiger partial charge in [-0.15, -0.1) is 0 Å². The molecule has 1 heterocycles. The molecule has 2 aromatic rings. The minimum atomic E-state index is -4.51. The summed E-state index contributed by atoms with van der Waals surface area (Å²) in [6, 6.07) is 8.01. The van der Waals surface area contributed by atoms with Crippen molar-refractivity contribution in [3.63, 3.8) is 0 Å². The average molecular weight is 690 g/mol. The van der Waals surface area contributed by atoms with Gasteiger partial charge in [-0.05, 0) is 75.6 Å². The molecule has 0 fully saturated rings. The van der Waals surface area contributed by atoms with E-state index in [0.717, 1.165) is 16.4 Å². The smallest absolute Gasteiger partial charge is 0.389 e. The van der Waals surface area contributed by atoms with Crippen molar-refractivity contribution in [1.82, 2.24) is 9.21 Å². The minimum Gasteiger partial charge on any atom is -0.490 e. The van der Waals surface area contributed by atoms with Gasteiger partial charge in [0.1, 0.15) is 11.6 Å². The first kappa shape index (κ1) is 38.2. The van der Waals surface area contributed by atoms with Gasteiger partial charge in [-0.25, -0.2) is 12.8 Å². The molecule has 1 aliphatic heterocycles. The van der Waals surface area contributed by atoms with Crippen LogP contribution in [0.15, 0.2) is 47.4 Å². The Bertz CT molecular complexity index is 1460.